The lowest BCUT2D eigenvalue weighted by atomic mass is 10.1. The second-order valence-electron chi connectivity index (χ2n) is 7.46. The summed E-state index contributed by atoms with van der Waals surface area (Å²) in [7, 11) is -3.46. The van der Waals surface area contributed by atoms with Crippen molar-refractivity contribution in [3.63, 3.8) is 0 Å². The molecular formula is C20H29N3O3S. The van der Waals surface area contributed by atoms with Crippen LogP contribution in [0.25, 0.3) is 0 Å². The maximum atomic E-state index is 12.8. The maximum Gasteiger partial charge on any atom is 0.228 e. The molecule has 2 heterocycles. The molecule has 1 aliphatic rings. The van der Waals surface area contributed by atoms with Gasteiger partial charge in [0, 0.05) is 19.1 Å². The minimum Gasteiger partial charge on any atom is -0.395 e. The standard InChI is InChI=1S/C20H29N3O3S/c1-16(2)27(25,26)20-21-13-19(14-22-11-6-9-18(22)15-24)23(20)12-10-17-7-4-3-5-8-17/h3-5,7-8,13,16,18,24H,6,9-12,14-15H2,1-2H3/t18-/m0/s1. The summed E-state index contributed by atoms with van der Waals surface area (Å²) in [6.07, 6.45) is 4.47. The topological polar surface area (TPSA) is 75.4 Å². The molecule has 0 amide bonds. The normalized spacial score (nSPS) is 18.4. The van der Waals surface area contributed by atoms with Gasteiger partial charge in [0.15, 0.2) is 0 Å². The van der Waals surface area contributed by atoms with Gasteiger partial charge in [-0.25, -0.2) is 13.4 Å². The molecule has 0 spiro atoms. The zero-order chi connectivity index (χ0) is 19.4. The second-order valence-corrected chi connectivity index (χ2v) is 9.86. The molecule has 7 heteroatoms. The summed E-state index contributed by atoms with van der Waals surface area (Å²) < 4.78 is 27.5. The van der Waals surface area contributed by atoms with Crippen LogP contribution in [0.4, 0.5) is 0 Å². The Kier molecular flexibility index (Phi) is 6.34. The van der Waals surface area contributed by atoms with E-state index in [1.807, 2.05) is 22.8 Å². The third-order valence-electron chi connectivity index (χ3n) is 5.32. The molecule has 27 heavy (non-hydrogen) atoms. The molecule has 0 bridgehead atoms. The number of likely N-dealkylation sites (tertiary alicyclic amines) is 1. The minimum atomic E-state index is -3.46. The lowest BCUT2D eigenvalue weighted by molar-refractivity contribution is 0.151. The smallest absolute Gasteiger partial charge is 0.228 e. The average Bonchev–Trinajstić information content (AvgIpc) is 3.28. The molecule has 1 N–H and O–H groups in total. The van der Waals surface area contributed by atoms with Crippen LogP contribution in [0.5, 0.6) is 0 Å². The fourth-order valence-corrected chi connectivity index (χ4v) is 4.74. The minimum absolute atomic E-state index is 0.134. The van der Waals surface area contributed by atoms with Gasteiger partial charge in [-0.2, -0.15) is 0 Å². The van der Waals surface area contributed by atoms with E-state index in [-0.39, 0.29) is 17.8 Å². The predicted molar refractivity (Wildman–Crippen MR) is 105 cm³/mol. The summed E-state index contributed by atoms with van der Waals surface area (Å²) in [5, 5.41) is 9.23. The Hall–Kier alpha value is -1.70. The van der Waals surface area contributed by atoms with Crippen molar-refractivity contribution in [1.29, 1.82) is 0 Å². The van der Waals surface area contributed by atoms with Gasteiger partial charge in [-0.15, -0.1) is 0 Å². The lowest BCUT2D eigenvalue weighted by Gasteiger charge is -2.23. The van der Waals surface area contributed by atoms with Crippen molar-refractivity contribution >= 4 is 9.84 Å². The van der Waals surface area contributed by atoms with Gasteiger partial charge in [0.2, 0.25) is 15.0 Å². The average molecular weight is 392 g/mol. The largest absolute Gasteiger partial charge is 0.395 e. The van der Waals surface area contributed by atoms with Crippen LogP contribution < -0.4 is 0 Å². The van der Waals surface area contributed by atoms with E-state index in [0.29, 0.717) is 13.1 Å². The molecule has 148 valence electrons. The highest BCUT2D eigenvalue weighted by molar-refractivity contribution is 7.91. The molecule has 1 fully saturated rings. The number of hydrogen-bond acceptors (Lipinski definition) is 5. The SMILES string of the molecule is CC(C)S(=O)(=O)c1ncc(CN2CCC[C@H]2CO)n1CCc1ccccc1. The third-order valence-corrected chi connectivity index (χ3v) is 7.39. The van der Waals surface area contributed by atoms with Crippen molar-refractivity contribution in [3.05, 3.63) is 47.8 Å². The van der Waals surface area contributed by atoms with Gasteiger partial charge >= 0.3 is 0 Å². The molecule has 1 aromatic heterocycles. The van der Waals surface area contributed by atoms with Gasteiger partial charge in [0.25, 0.3) is 0 Å². The number of aromatic nitrogens is 2. The Morgan fingerprint density at radius 2 is 2.00 bits per heavy atom. The van der Waals surface area contributed by atoms with Gasteiger partial charge in [0.1, 0.15) is 0 Å². The first-order chi connectivity index (χ1) is 12.9. The number of rotatable bonds is 8. The van der Waals surface area contributed by atoms with E-state index >= 15 is 0 Å². The van der Waals surface area contributed by atoms with Crippen LogP contribution in [0.15, 0.2) is 41.7 Å². The monoisotopic (exact) mass is 391 g/mol. The molecule has 1 aliphatic heterocycles. The Bertz CT molecular complexity index is 847. The van der Waals surface area contributed by atoms with Crippen LogP contribution in [0.3, 0.4) is 0 Å². The molecule has 0 radical (unpaired) electrons. The summed E-state index contributed by atoms with van der Waals surface area (Å²) >= 11 is 0. The first-order valence-corrected chi connectivity index (χ1v) is 11.1. The molecule has 3 rings (SSSR count). The number of aliphatic hydroxyl groups is 1. The summed E-state index contributed by atoms with van der Waals surface area (Å²) in [6, 6.07) is 10.2. The van der Waals surface area contributed by atoms with E-state index in [2.05, 4.69) is 22.0 Å². The van der Waals surface area contributed by atoms with Crippen molar-refractivity contribution in [2.45, 2.75) is 62.6 Å². The van der Waals surface area contributed by atoms with Crippen LogP contribution in [-0.2, 0) is 29.3 Å². The van der Waals surface area contributed by atoms with E-state index in [1.165, 1.54) is 5.56 Å². The fraction of sp³-hybridized carbons (Fsp3) is 0.550. The molecule has 1 aromatic carbocycles. The number of nitrogens with zero attached hydrogens (tertiary/aromatic N) is 3. The van der Waals surface area contributed by atoms with Crippen molar-refractivity contribution in [1.82, 2.24) is 14.5 Å². The second kappa shape index (κ2) is 8.54. The van der Waals surface area contributed by atoms with Gasteiger partial charge in [-0.05, 0) is 45.2 Å². The first-order valence-electron chi connectivity index (χ1n) is 9.60. The van der Waals surface area contributed by atoms with Gasteiger partial charge < -0.3 is 9.67 Å². The number of sulfone groups is 1. The van der Waals surface area contributed by atoms with Gasteiger partial charge in [-0.1, -0.05) is 30.3 Å². The molecule has 1 atom stereocenters. The van der Waals surface area contributed by atoms with Crippen molar-refractivity contribution in [3.8, 4) is 0 Å². The number of imidazole rings is 1. The van der Waals surface area contributed by atoms with E-state index in [1.54, 1.807) is 20.0 Å². The van der Waals surface area contributed by atoms with Crippen molar-refractivity contribution in [2.24, 2.45) is 0 Å². The molecule has 1 saturated heterocycles. The van der Waals surface area contributed by atoms with Crippen LogP contribution in [0.1, 0.15) is 37.9 Å². The molecule has 0 aliphatic carbocycles. The van der Waals surface area contributed by atoms with Crippen LogP contribution in [-0.4, -0.2) is 52.4 Å². The lowest BCUT2D eigenvalue weighted by Crippen LogP contribution is -2.32. The van der Waals surface area contributed by atoms with Gasteiger partial charge in [-0.3, -0.25) is 4.90 Å². The summed E-state index contributed by atoms with van der Waals surface area (Å²) in [6.45, 7) is 5.61. The molecule has 0 saturated carbocycles. The molecular weight excluding hydrogens is 362 g/mol. The number of aliphatic hydroxyl groups excluding tert-OH is 1. The first kappa shape index (κ1) is 20.0. The van der Waals surface area contributed by atoms with Crippen LogP contribution >= 0.6 is 0 Å². The number of benzene rings is 1. The Morgan fingerprint density at radius 1 is 1.26 bits per heavy atom. The summed E-state index contributed by atoms with van der Waals surface area (Å²) in [4.78, 5) is 6.52. The quantitative estimate of drug-likeness (QED) is 0.747. The Morgan fingerprint density at radius 3 is 2.67 bits per heavy atom. The zero-order valence-electron chi connectivity index (χ0n) is 16.1. The van der Waals surface area contributed by atoms with E-state index in [0.717, 1.165) is 31.5 Å². The van der Waals surface area contributed by atoms with Gasteiger partial charge in [0.05, 0.1) is 23.7 Å². The summed E-state index contributed by atoms with van der Waals surface area (Å²) in [5.74, 6) is 0. The Labute approximate surface area is 161 Å². The number of aryl methyl sites for hydroxylation is 1. The number of hydrogen-bond donors (Lipinski definition) is 1. The highest BCUT2D eigenvalue weighted by Gasteiger charge is 2.29. The van der Waals surface area contributed by atoms with Crippen LogP contribution in [0.2, 0.25) is 0 Å². The predicted octanol–water partition coefficient (Wildman–Crippen LogP) is 2.26. The van der Waals surface area contributed by atoms with E-state index in [9.17, 15) is 13.5 Å². The zero-order valence-corrected chi connectivity index (χ0v) is 16.9. The fourth-order valence-electron chi connectivity index (χ4n) is 3.60. The highest BCUT2D eigenvalue weighted by Crippen LogP contribution is 2.23. The Balaban J connectivity index is 1.89. The summed E-state index contributed by atoms with van der Waals surface area (Å²) in [5.41, 5.74) is 2.06. The molecule has 0 unspecified atom stereocenters. The van der Waals surface area contributed by atoms with E-state index < -0.39 is 15.1 Å². The molecule has 2 aromatic rings. The van der Waals surface area contributed by atoms with Crippen molar-refractivity contribution in [2.75, 3.05) is 13.2 Å². The van der Waals surface area contributed by atoms with Crippen molar-refractivity contribution < 1.29 is 13.5 Å². The highest BCUT2D eigenvalue weighted by atomic mass is 32.2. The molecule has 6 nitrogen and oxygen atoms in total. The van der Waals surface area contributed by atoms with E-state index in [4.69, 9.17) is 0 Å². The van der Waals surface area contributed by atoms with Crippen LogP contribution in [0, 0.1) is 0 Å². The maximum absolute atomic E-state index is 12.8. The third kappa shape index (κ3) is 4.42.